The first-order valence-corrected chi connectivity index (χ1v) is 6.32. The minimum atomic E-state index is 0.234. The Hall–Kier alpha value is -2.11. The molecular weight excluding hydrogens is 240 g/mol. The van der Waals surface area contributed by atoms with Crippen molar-refractivity contribution >= 4 is 11.6 Å². The lowest BCUT2D eigenvalue weighted by molar-refractivity contribution is 0.758. The van der Waals surface area contributed by atoms with Gasteiger partial charge >= 0.3 is 0 Å². The lowest BCUT2D eigenvalue weighted by Crippen LogP contribution is -2.22. The van der Waals surface area contributed by atoms with E-state index in [0.717, 1.165) is 29.4 Å². The van der Waals surface area contributed by atoms with Crippen LogP contribution in [0, 0.1) is 6.92 Å². The zero-order chi connectivity index (χ0) is 13.8. The smallest absolute Gasteiger partial charge is 0.171 e. The molecule has 0 aromatic carbocycles. The molecule has 0 aliphatic heterocycles. The van der Waals surface area contributed by atoms with Crippen molar-refractivity contribution in [2.24, 2.45) is 0 Å². The Morgan fingerprint density at radius 2 is 2.05 bits per heavy atom. The topological polar surface area (TPSA) is 69.7 Å². The fourth-order valence-electron chi connectivity index (χ4n) is 1.94. The molecule has 2 N–H and O–H groups in total. The molecule has 6 heteroatoms. The minimum absolute atomic E-state index is 0.234. The van der Waals surface area contributed by atoms with Crippen LogP contribution in [0.1, 0.15) is 18.3 Å². The van der Waals surface area contributed by atoms with Gasteiger partial charge in [-0.2, -0.15) is 5.10 Å². The quantitative estimate of drug-likeness (QED) is 0.855. The van der Waals surface area contributed by atoms with Crippen molar-refractivity contribution in [3.05, 3.63) is 29.8 Å². The fraction of sp³-hybridized carbons (Fsp3) is 0.462. The van der Waals surface area contributed by atoms with Crippen LogP contribution in [-0.4, -0.2) is 40.3 Å². The Kier molecular flexibility index (Phi) is 3.99. The minimum Gasteiger partial charge on any atom is -0.364 e. The third-order valence-electron chi connectivity index (χ3n) is 2.76. The van der Waals surface area contributed by atoms with Crippen LogP contribution in [0.3, 0.4) is 0 Å². The molecule has 2 rings (SSSR count). The molecule has 0 spiro atoms. The molecule has 1 atom stereocenters. The Bertz CT molecular complexity index is 533. The first-order valence-electron chi connectivity index (χ1n) is 6.32. The van der Waals surface area contributed by atoms with E-state index >= 15 is 0 Å². The third kappa shape index (κ3) is 3.43. The van der Waals surface area contributed by atoms with Gasteiger partial charge in [-0.3, -0.25) is 5.10 Å². The largest absolute Gasteiger partial charge is 0.364 e. The summed E-state index contributed by atoms with van der Waals surface area (Å²) in [6.07, 6.45) is 4.23. The van der Waals surface area contributed by atoms with Crippen LogP contribution < -0.4 is 10.2 Å². The van der Waals surface area contributed by atoms with Crippen LogP contribution >= 0.6 is 0 Å². The van der Waals surface area contributed by atoms with Gasteiger partial charge in [0.25, 0.3) is 0 Å². The fourth-order valence-corrected chi connectivity index (χ4v) is 1.94. The highest BCUT2D eigenvalue weighted by Gasteiger charge is 2.11. The number of hydrogen-bond acceptors (Lipinski definition) is 5. The van der Waals surface area contributed by atoms with Crippen LogP contribution in [0.4, 0.5) is 11.6 Å². The first kappa shape index (κ1) is 13.3. The molecule has 0 saturated carbocycles. The maximum absolute atomic E-state index is 4.34. The van der Waals surface area contributed by atoms with Gasteiger partial charge in [0.15, 0.2) is 11.6 Å². The molecule has 102 valence electrons. The van der Waals surface area contributed by atoms with E-state index in [1.807, 2.05) is 25.9 Å². The second-order valence-corrected chi connectivity index (χ2v) is 4.91. The lowest BCUT2D eigenvalue weighted by atomic mass is 10.2. The van der Waals surface area contributed by atoms with Crippen molar-refractivity contribution in [1.82, 2.24) is 20.2 Å². The molecule has 2 heterocycles. The molecule has 0 amide bonds. The van der Waals surface area contributed by atoms with Gasteiger partial charge in [0.05, 0.1) is 5.69 Å². The van der Waals surface area contributed by atoms with Crippen molar-refractivity contribution in [2.75, 3.05) is 24.3 Å². The summed E-state index contributed by atoms with van der Waals surface area (Å²) in [4.78, 5) is 10.6. The molecule has 6 nitrogen and oxygen atoms in total. The highest BCUT2D eigenvalue weighted by Crippen LogP contribution is 2.18. The molecule has 0 aliphatic carbocycles. The Balaban J connectivity index is 2.04. The van der Waals surface area contributed by atoms with Gasteiger partial charge in [-0.1, -0.05) is 0 Å². The van der Waals surface area contributed by atoms with Gasteiger partial charge in [-0.15, -0.1) is 0 Å². The predicted molar refractivity (Wildman–Crippen MR) is 76.5 cm³/mol. The number of hydrogen-bond donors (Lipinski definition) is 2. The van der Waals surface area contributed by atoms with Crippen LogP contribution in [-0.2, 0) is 6.42 Å². The molecule has 1 unspecified atom stereocenters. The third-order valence-corrected chi connectivity index (χ3v) is 2.76. The first-order chi connectivity index (χ1) is 9.06. The summed E-state index contributed by atoms with van der Waals surface area (Å²) in [7, 11) is 3.91. The van der Waals surface area contributed by atoms with Crippen molar-refractivity contribution in [3.63, 3.8) is 0 Å². The van der Waals surface area contributed by atoms with E-state index < -0.39 is 0 Å². The van der Waals surface area contributed by atoms with E-state index in [0.29, 0.717) is 0 Å². The zero-order valence-electron chi connectivity index (χ0n) is 11.8. The number of nitrogens with zero attached hydrogens (tertiary/aromatic N) is 4. The van der Waals surface area contributed by atoms with Gasteiger partial charge in [0, 0.05) is 44.6 Å². The van der Waals surface area contributed by atoms with Crippen LogP contribution in [0.2, 0.25) is 0 Å². The van der Waals surface area contributed by atoms with E-state index in [-0.39, 0.29) is 6.04 Å². The van der Waals surface area contributed by atoms with Crippen molar-refractivity contribution in [3.8, 4) is 0 Å². The van der Waals surface area contributed by atoms with E-state index in [1.165, 1.54) is 0 Å². The standard InChI is InChI=1S/C13H20N6/c1-9(7-11-8-10(2)17-18-11)16-12-13(19(3)4)15-6-5-14-12/h5-6,8-9H,7H2,1-4H3,(H,14,16)(H,17,18). The number of H-pyrrole nitrogens is 1. The number of anilines is 2. The summed E-state index contributed by atoms with van der Waals surface area (Å²) in [6.45, 7) is 4.11. The molecule has 0 radical (unpaired) electrons. The van der Waals surface area contributed by atoms with Gasteiger partial charge < -0.3 is 10.2 Å². The Morgan fingerprint density at radius 1 is 1.32 bits per heavy atom. The van der Waals surface area contributed by atoms with Crippen LogP contribution in [0.25, 0.3) is 0 Å². The van der Waals surface area contributed by atoms with E-state index in [2.05, 4.69) is 38.5 Å². The molecular formula is C13H20N6. The summed E-state index contributed by atoms with van der Waals surface area (Å²) in [6, 6.07) is 2.29. The molecule has 2 aromatic rings. The molecule has 0 bridgehead atoms. The van der Waals surface area contributed by atoms with Gasteiger partial charge in [-0.25, -0.2) is 9.97 Å². The number of aromatic amines is 1. The summed E-state index contributed by atoms with van der Waals surface area (Å²) >= 11 is 0. The van der Waals surface area contributed by atoms with E-state index in [4.69, 9.17) is 0 Å². The van der Waals surface area contributed by atoms with E-state index in [1.54, 1.807) is 12.4 Å². The van der Waals surface area contributed by atoms with Crippen LogP contribution in [0.15, 0.2) is 18.5 Å². The van der Waals surface area contributed by atoms with E-state index in [9.17, 15) is 0 Å². The van der Waals surface area contributed by atoms with Crippen LogP contribution in [0.5, 0.6) is 0 Å². The lowest BCUT2D eigenvalue weighted by Gasteiger charge is -2.19. The number of aryl methyl sites for hydroxylation is 1. The van der Waals surface area contributed by atoms with Crippen molar-refractivity contribution < 1.29 is 0 Å². The maximum Gasteiger partial charge on any atom is 0.171 e. The SMILES string of the molecule is Cc1cc(CC(C)Nc2nccnc2N(C)C)n[nH]1. The Morgan fingerprint density at radius 3 is 2.68 bits per heavy atom. The monoisotopic (exact) mass is 260 g/mol. The van der Waals surface area contributed by atoms with Gasteiger partial charge in [0.1, 0.15) is 0 Å². The molecule has 0 saturated heterocycles. The number of aromatic nitrogens is 4. The number of rotatable bonds is 5. The second-order valence-electron chi connectivity index (χ2n) is 4.91. The highest BCUT2D eigenvalue weighted by atomic mass is 15.2. The molecule has 2 aromatic heterocycles. The molecule has 0 aliphatic rings. The maximum atomic E-state index is 4.34. The average molecular weight is 260 g/mol. The van der Waals surface area contributed by atoms with Crippen molar-refractivity contribution in [1.29, 1.82) is 0 Å². The Labute approximate surface area is 113 Å². The molecule has 19 heavy (non-hydrogen) atoms. The summed E-state index contributed by atoms with van der Waals surface area (Å²) in [5.74, 6) is 1.64. The summed E-state index contributed by atoms with van der Waals surface area (Å²) < 4.78 is 0. The normalized spacial score (nSPS) is 12.2. The predicted octanol–water partition coefficient (Wildman–Crippen LogP) is 1.62. The van der Waals surface area contributed by atoms with Gasteiger partial charge in [0.2, 0.25) is 0 Å². The summed E-state index contributed by atoms with van der Waals surface area (Å²) in [5.41, 5.74) is 2.13. The highest BCUT2D eigenvalue weighted by molar-refractivity contribution is 5.59. The average Bonchev–Trinajstić information content (AvgIpc) is 2.75. The molecule has 0 fully saturated rings. The zero-order valence-corrected chi connectivity index (χ0v) is 11.8. The second kappa shape index (κ2) is 5.69. The van der Waals surface area contributed by atoms with Gasteiger partial charge in [-0.05, 0) is 19.9 Å². The number of nitrogens with one attached hydrogen (secondary N) is 2. The summed E-state index contributed by atoms with van der Waals surface area (Å²) in [5, 5.41) is 10.6. The van der Waals surface area contributed by atoms with Crippen molar-refractivity contribution in [2.45, 2.75) is 26.3 Å².